The van der Waals surface area contributed by atoms with Gasteiger partial charge in [-0.15, -0.1) is 0 Å². The molecule has 0 bridgehead atoms. The van der Waals surface area contributed by atoms with Gasteiger partial charge < -0.3 is 10.6 Å². The van der Waals surface area contributed by atoms with E-state index in [0.717, 1.165) is 0 Å². The standard InChI is InChI=1S/C25H21FN4O2/c1-16-19(24(31)28-18-9-4-3-5-10-18)11-8-13-22(16)29-25(32)20-15-27-30(17(20)2)23-14-7-6-12-21(23)26/h3-15H,1-2H3,(H,28,31)(H,29,32). The largest absolute Gasteiger partial charge is 0.322 e. The van der Waals surface area contributed by atoms with Crippen molar-refractivity contribution in [3.8, 4) is 5.69 Å². The van der Waals surface area contributed by atoms with E-state index in [1.807, 2.05) is 18.2 Å². The second-order valence-electron chi connectivity index (χ2n) is 7.26. The fraction of sp³-hybridized carbons (Fsp3) is 0.0800. The monoisotopic (exact) mass is 428 g/mol. The third kappa shape index (κ3) is 4.13. The Morgan fingerprint density at radius 1 is 0.812 bits per heavy atom. The number of benzene rings is 3. The van der Waals surface area contributed by atoms with Crippen LogP contribution in [0.1, 0.15) is 32.0 Å². The van der Waals surface area contributed by atoms with Crippen molar-refractivity contribution in [3.63, 3.8) is 0 Å². The van der Waals surface area contributed by atoms with Crippen LogP contribution in [-0.4, -0.2) is 21.6 Å². The number of rotatable bonds is 5. The molecule has 6 nitrogen and oxygen atoms in total. The lowest BCUT2D eigenvalue weighted by molar-refractivity contribution is 0.101. The van der Waals surface area contributed by atoms with Crippen LogP contribution in [0, 0.1) is 19.7 Å². The number of amides is 2. The quantitative estimate of drug-likeness (QED) is 0.463. The number of nitrogens with zero attached hydrogens (tertiary/aromatic N) is 2. The second kappa shape index (κ2) is 8.85. The highest BCUT2D eigenvalue weighted by Gasteiger charge is 2.19. The predicted octanol–water partition coefficient (Wildman–Crippen LogP) is 5.13. The van der Waals surface area contributed by atoms with Crippen LogP contribution in [0.2, 0.25) is 0 Å². The highest BCUT2D eigenvalue weighted by molar-refractivity contribution is 6.09. The van der Waals surface area contributed by atoms with Crippen LogP contribution >= 0.6 is 0 Å². The van der Waals surface area contributed by atoms with Gasteiger partial charge in [-0.05, 0) is 55.8 Å². The third-order valence-electron chi connectivity index (χ3n) is 5.19. The van der Waals surface area contributed by atoms with Crippen molar-refractivity contribution in [1.82, 2.24) is 9.78 Å². The van der Waals surface area contributed by atoms with Gasteiger partial charge in [0.15, 0.2) is 0 Å². The molecular formula is C25H21FN4O2. The van der Waals surface area contributed by atoms with Crippen LogP contribution in [0.5, 0.6) is 0 Å². The zero-order valence-corrected chi connectivity index (χ0v) is 17.6. The Bertz CT molecular complexity index is 1300. The summed E-state index contributed by atoms with van der Waals surface area (Å²) in [6.07, 6.45) is 1.40. The van der Waals surface area contributed by atoms with E-state index in [0.29, 0.717) is 33.8 Å². The first-order chi connectivity index (χ1) is 15.5. The molecule has 0 saturated carbocycles. The summed E-state index contributed by atoms with van der Waals surface area (Å²) in [7, 11) is 0. The Kier molecular flexibility index (Phi) is 5.81. The zero-order chi connectivity index (χ0) is 22.7. The number of anilines is 2. The summed E-state index contributed by atoms with van der Waals surface area (Å²) in [5, 5.41) is 9.86. The second-order valence-corrected chi connectivity index (χ2v) is 7.26. The van der Waals surface area contributed by atoms with Gasteiger partial charge in [-0.25, -0.2) is 9.07 Å². The van der Waals surface area contributed by atoms with E-state index in [2.05, 4.69) is 15.7 Å². The molecule has 2 amide bonds. The molecule has 0 atom stereocenters. The number of aromatic nitrogens is 2. The molecule has 0 radical (unpaired) electrons. The predicted molar refractivity (Wildman–Crippen MR) is 122 cm³/mol. The van der Waals surface area contributed by atoms with Gasteiger partial charge in [-0.2, -0.15) is 5.10 Å². The maximum Gasteiger partial charge on any atom is 0.259 e. The van der Waals surface area contributed by atoms with Gasteiger partial charge in [0.2, 0.25) is 0 Å². The number of carbonyl (C=O) groups is 2. The maximum atomic E-state index is 14.1. The Morgan fingerprint density at radius 3 is 2.25 bits per heavy atom. The number of para-hydroxylation sites is 2. The van der Waals surface area contributed by atoms with Crippen LogP contribution in [0.25, 0.3) is 5.69 Å². The number of hydrogen-bond donors (Lipinski definition) is 2. The van der Waals surface area contributed by atoms with E-state index in [1.54, 1.807) is 62.4 Å². The van der Waals surface area contributed by atoms with Crippen LogP contribution in [0.4, 0.5) is 15.8 Å². The van der Waals surface area contributed by atoms with E-state index >= 15 is 0 Å². The molecule has 1 aromatic heterocycles. The summed E-state index contributed by atoms with van der Waals surface area (Å²) in [4.78, 5) is 25.6. The molecule has 1 heterocycles. The van der Waals surface area contributed by atoms with Gasteiger partial charge in [-0.1, -0.05) is 36.4 Å². The van der Waals surface area contributed by atoms with Gasteiger partial charge in [0.1, 0.15) is 11.5 Å². The molecule has 0 spiro atoms. The Hall–Kier alpha value is -4.26. The lowest BCUT2D eigenvalue weighted by Gasteiger charge is -2.13. The van der Waals surface area contributed by atoms with Gasteiger partial charge in [0.05, 0.1) is 17.5 Å². The van der Waals surface area contributed by atoms with E-state index in [-0.39, 0.29) is 11.6 Å². The molecule has 0 aliphatic carbocycles. The van der Waals surface area contributed by atoms with Crippen molar-refractivity contribution in [3.05, 3.63) is 107 Å². The highest BCUT2D eigenvalue weighted by Crippen LogP contribution is 2.23. The van der Waals surface area contributed by atoms with Gasteiger partial charge in [0, 0.05) is 16.9 Å². The molecule has 160 valence electrons. The minimum absolute atomic E-state index is 0.264. The molecular weight excluding hydrogens is 407 g/mol. The number of hydrogen-bond acceptors (Lipinski definition) is 3. The summed E-state index contributed by atoms with van der Waals surface area (Å²) < 4.78 is 15.5. The Morgan fingerprint density at radius 2 is 1.50 bits per heavy atom. The molecule has 7 heteroatoms. The summed E-state index contributed by atoms with van der Waals surface area (Å²) in [6.45, 7) is 3.47. The van der Waals surface area contributed by atoms with E-state index in [4.69, 9.17) is 0 Å². The third-order valence-corrected chi connectivity index (χ3v) is 5.19. The van der Waals surface area contributed by atoms with Crippen molar-refractivity contribution >= 4 is 23.2 Å². The summed E-state index contributed by atoms with van der Waals surface area (Å²) in [6, 6.07) is 20.5. The van der Waals surface area contributed by atoms with Crippen molar-refractivity contribution in [2.75, 3.05) is 10.6 Å². The number of nitrogens with one attached hydrogen (secondary N) is 2. The van der Waals surface area contributed by atoms with E-state index in [1.165, 1.54) is 16.9 Å². The van der Waals surface area contributed by atoms with Crippen LogP contribution in [0.3, 0.4) is 0 Å². The maximum absolute atomic E-state index is 14.1. The topological polar surface area (TPSA) is 76.0 Å². The molecule has 0 saturated heterocycles. The fourth-order valence-electron chi connectivity index (χ4n) is 3.43. The van der Waals surface area contributed by atoms with Crippen molar-refractivity contribution < 1.29 is 14.0 Å². The first-order valence-electron chi connectivity index (χ1n) is 10.0. The van der Waals surface area contributed by atoms with Crippen molar-refractivity contribution in [2.24, 2.45) is 0 Å². The normalized spacial score (nSPS) is 10.6. The average Bonchev–Trinajstić information content (AvgIpc) is 3.17. The molecule has 0 aliphatic rings. The first kappa shape index (κ1) is 21.0. The number of carbonyl (C=O) groups excluding carboxylic acids is 2. The van der Waals surface area contributed by atoms with Crippen molar-refractivity contribution in [1.29, 1.82) is 0 Å². The smallest absolute Gasteiger partial charge is 0.259 e. The molecule has 0 fully saturated rings. The molecule has 4 rings (SSSR count). The van der Waals surface area contributed by atoms with Gasteiger partial charge >= 0.3 is 0 Å². The average molecular weight is 428 g/mol. The lowest BCUT2D eigenvalue weighted by Crippen LogP contribution is -2.17. The van der Waals surface area contributed by atoms with Crippen LogP contribution in [-0.2, 0) is 0 Å². The molecule has 0 aliphatic heterocycles. The summed E-state index contributed by atoms with van der Waals surface area (Å²) in [5.74, 6) is -1.10. The number of halogens is 1. The zero-order valence-electron chi connectivity index (χ0n) is 17.6. The first-order valence-corrected chi connectivity index (χ1v) is 10.0. The highest BCUT2D eigenvalue weighted by atomic mass is 19.1. The molecule has 0 unspecified atom stereocenters. The van der Waals surface area contributed by atoms with Crippen LogP contribution < -0.4 is 10.6 Å². The molecule has 32 heavy (non-hydrogen) atoms. The molecule has 3 aromatic carbocycles. The SMILES string of the molecule is Cc1c(NC(=O)c2cnn(-c3ccccc3F)c2C)cccc1C(=O)Nc1ccccc1. The van der Waals surface area contributed by atoms with E-state index in [9.17, 15) is 14.0 Å². The Balaban J connectivity index is 1.56. The molecule has 4 aromatic rings. The fourth-order valence-corrected chi connectivity index (χ4v) is 3.43. The summed E-state index contributed by atoms with van der Waals surface area (Å²) >= 11 is 0. The van der Waals surface area contributed by atoms with Crippen molar-refractivity contribution in [2.45, 2.75) is 13.8 Å². The van der Waals surface area contributed by atoms with Crippen LogP contribution in [0.15, 0.2) is 79.0 Å². The van der Waals surface area contributed by atoms with Gasteiger partial charge in [0.25, 0.3) is 11.8 Å². The van der Waals surface area contributed by atoms with E-state index < -0.39 is 11.7 Å². The summed E-state index contributed by atoms with van der Waals surface area (Å²) in [5.41, 5.74) is 3.35. The molecule has 2 N–H and O–H groups in total. The minimum atomic E-state index is -0.432. The lowest BCUT2D eigenvalue weighted by atomic mass is 10.1. The minimum Gasteiger partial charge on any atom is -0.322 e. The Labute approximate surface area is 184 Å². The van der Waals surface area contributed by atoms with Gasteiger partial charge in [-0.3, -0.25) is 9.59 Å².